The molecule has 2 rings (SSSR count). The summed E-state index contributed by atoms with van der Waals surface area (Å²) < 4.78 is 13.2. The minimum absolute atomic E-state index is 0.129. The Labute approximate surface area is 119 Å². The molecule has 0 aliphatic heterocycles. The number of halogens is 2. The summed E-state index contributed by atoms with van der Waals surface area (Å²) in [7, 11) is 0. The molecule has 0 radical (unpaired) electrons. The molecule has 2 atom stereocenters. The summed E-state index contributed by atoms with van der Waals surface area (Å²) in [5.74, 6) is 0.0967. The molecular formula is C16H22ClFO. The van der Waals surface area contributed by atoms with E-state index in [9.17, 15) is 9.50 Å². The van der Waals surface area contributed by atoms with Crippen LogP contribution in [0.2, 0.25) is 5.02 Å². The van der Waals surface area contributed by atoms with Gasteiger partial charge in [-0.25, -0.2) is 4.39 Å². The molecule has 1 saturated carbocycles. The first-order valence-corrected chi connectivity index (χ1v) is 7.23. The van der Waals surface area contributed by atoms with Crippen molar-refractivity contribution >= 4 is 11.6 Å². The van der Waals surface area contributed by atoms with Gasteiger partial charge in [0.2, 0.25) is 0 Å². The molecule has 0 spiro atoms. The Bertz CT molecular complexity index is 472. The second kappa shape index (κ2) is 5.06. The van der Waals surface area contributed by atoms with Gasteiger partial charge in [0.1, 0.15) is 5.82 Å². The lowest BCUT2D eigenvalue weighted by molar-refractivity contribution is -0.0574. The van der Waals surface area contributed by atoms with E-state index in [4.69, 9.17) is 11.6 Å². The SMILES string of the molecule is CC1CC(C)(C)CC(O)(Cc2ccc(F)c(Cl)c2)C1. The van der Waals surface area contributed by atoms with Gasteiger partial charge in [-0.05, 0) is 48.3 Å². The molecule has 1 aliphatic carbocycles. The molecule has 1 N–H and O–H groups in total. The Morgan fingerprint density at radius 1 is 1.37 bits per heavy atom. The van der Waals surface area contributed by atoms with Crippen LogP contribution in [0.1, 0.15) is 45.6 Å². The third kappa shape index (κ3) is 3.70. The summed E-state index contributed by atoms with van der Waals surface area (Å²) in [6.07, 6.45) is 3.25. The fourth-order valence-corrected chi connectivity index (χ4v) is 4.07. The van der Waals surface area contributed by atoms with E-state index in [1.165, 1.54) is 6.07 Å². The number of rotatable bonds is 2. The summed E-state index contributed by atoms with van der Waals surface area (Å²) in [6, 6.07) is 4.71. The van der Waals surface area contributed by atoms with Crippen LogP contribution in [-0.2, 0) is 6.42 Å². The van der Waals surface area contributed by atoms with Crippen molar-refractivity contribution in [1.82, 2.24) is 0 Å². The van der Waals surface area contributed by atoms with E-state index < -0.39 is 11.4 Å². The molecule has 3 heteroatoms. The monoisotopic (exact) mass is 284 g/mol. The fourth-order valence-electron chi connectivity index (χ4n) is 3.86. The van der Waals surface area contributed by atoms with Gasteiger partial charge in [0, 0.05) is 6.42 Å². The van der Waals surface area contributed by atoms with E-state index in [1.54, 1.807) is 12.1 Å². The molecule has 2 unspecified atom stereocenters. The van der Waals surface area contributed by atoms with Gasteiger partial charge in [-0.1, -0.05) is 38.4 Å². The molecule has 1 aromatic rings. The van der Waals surface area contributed by atoms with Crippen molar-refractivity contribution in [2.24, 2.45) is 11.3 Å². The van der Waals surface area contributed by atoms with Crippen LogP contribution in [0.15, 0.2) is 18.2 Å². The van der Waals surface area contributed by atoms with Gasteiger partial charge in [-0.2, -0.15) is 0 Å². The molecule has 0 amide bonds. The maximum atomic E-state index is 13.2. The highest BCUT2D eigenvalue weighted by Gasteiger charge is 2.41. The zero-order valence-electron chi connectivity index (χ0n) is 11.8. The standard InChI is InChI=1S/C16H22ClFO/c1-11-7-15(2,3)10-16(19,8-11)9-12-4-5-14(18)13(17)6-12/h4-6,11,19H,7-10H2,1-3H3. The van der Waals surface area contributed by atoms with Crippen LogP contribution in [0, 0.1) is 17.2 Å². The van der Waals surface area contributed by atoms with Crippen molar-refractivity contribution in [3.63, 3.8) is 0 Å². The average Bonchev–Trinajstić information content (AvgIpc) is 2.19. The molecule has 19 heavy (non-hydrogen) atoms. The highest BCUT2D eigenvalue weighted by atomic mass is 35.5. The zero-order chi connectivity index (χ0) is 14.3. The van der Waals surface area contributed by atoms with Crippen LogP contribution in [0.5, 0.6) is 0 Å². The number of aliphatic hydroxyl groups is 1. The highest BCUT2D eigenvalue weighted by molar-refractivity contribution is 6.30. The summed E-state index contributed by atoms with van der Waals surface area (Å²) in [4.78, 5) is 0. The lowest BCUT2D eigenvalue weighted by Crippen LogP contribution is -2.43. The van der Waals surface area contributed by atoms with Gasteiger partial charge in [-0.15, -0.1) is 0 Å². The van der Waals surface area contributed by atoms with Crippen LogP contribution < -0.4 is 0 Å². The molecule has 0 aromatic heterocycles. The van der Waals surface area contributed by atoms with Crippen LogP contribution >= 0.6 is 11.6 Å². The molecule has 0 heterocycles. The fraction of sp³-hybridized carbons (Fsp3) is 0.625. The van der Waals surface area contributed by atoms with Crippen LogP contribution in [-0.4, -0.2) is 10.7 Å². The Morgan fingerprint density at radius 3 is 2.63 bits per heavy atom. The number of benzene rings is 1. The van der Waals surface area contributed by atoms with Crippen LogP contribution in [0.4, 0.5) is 4.39 Å². The Morgan fingerprint density at radius 2 is 2.05 bits per heavy atom. The van der Waals surface area contributed by atoms with E-state index in [-0.39, 0.29) is 10.4 Å². The topological polar surface area (TPSA) is 20.2 Å². The lowest BCUT2D eigenvalue weighted by atomic mass is 9.64. The first-order valence-electron chi connectivity index (χ1n) is 6.85. The van der Waals surface area contributed by atoms with Gasteiger partial charge in [-0.3, -0.25) is 0 Å². The predicted octanol–water partition coefficient (Wildman–Crippen LogP) is 4.60. The van der Waals surface area contributed by atoms with Crippen LogP contribution in [0.25, 0.3) is 0 Å². The smallest absolute Gasteiger partial charge is 0.141 e. The van der Waals surface area contributed by atoms with Crippen molar-refractivity contribution in [2.75, 3.05) is 0 Å². The largest absolute Gasteiger partial charge is 0.390 e. The molecule has 1 fully saturated rings. The zero-order valence-corrected chi connectivity index (χ0v) is 12.6. The van der Waals surface area contributed by atoms with E-state index >= 15 is 0 Å². The van der Waals surface area contributed by atoms with Gasteiger partial charge < -0.3 is 5.11 Å². The second-order valence-corrected chi connectivity index (χ2v) is 7.41. The Balaban J connectivity index is 2.18. The molecule has 1 aromatic carbocycles. The lowest BCUT2D eigenvalue weighted by Gasteiger charge is -2.44. The predicted molar refractivity (Wildman–Crippen MR) is 76.9 cm³/mol. The van der Waals surface area contributed by atoms with E-state index in [2.05, 4.69) is 20.8 Å². The van der Waals surface area contributed by atoms with Crippen molar-refractivity contribution in [2.45, 2.75) is 52.1 Å². The van der Waals surface area contributed by atoms with Crippen molar-refractivity contribution in [3.05, 3.63) is 34.6 Å². The summed E-state index contributed by atoms with van der Waals surface area (Å²) in [5, 5.41) is 11.0. The normalized spacial score (nSPS) is 30.3. The van der Waals surface area contributed by atoms with Gasteiger partial charge in [0.05, 0.1) is 10.6 Å². The molecule has 1 aliphatic rings. The summed E-state index contributed by atoms with van der Waals surface area (Å²) in [5.41, 5.74) is 0.345. The quantitative estimate of drug-likeness (QED) is 0.841. The van der Waals surface area contributed by atoms with Gasteiger partial charge >= 0.3 is 0 Å². The van der Waals surface area contributed by atoms with Crippen molar-refractivity contribution in [3.8, 4) is 0 Å². The van der Waals surface area contributed by atoms with E-state index in [0.717, 1.165) is 24.8 Å². The van der Waals surface area contributed by atoms with E-state index in [0.29, 0.717) is 12.3 Å². The minimum Gasteiger partial charge on any atom is -0.390 e. The molecule has 106 valence electrons. The Kier molecular flexibility index (Phi) is 3.95. The minimum atomic E-state index is -0.706. The first kappa shape index (κ1) is 14.8. The molecule has 0 bridgehead atoms. The van der Waals surface area contributed by atoms with E-state index in [1.807, 2.05) is 0 Å². The first-order chi connectivity index (χ1) is 8.69. The van der Waals surface area contributed by atoms with Crippen molar-refractivity contribution in [1.29, 1.82) is 0 Å². The Hall–Kier alpha value is -0.600. The third-order valence-electron chi connectivity index (χ3n) is 3.95. The average molecular weight is 285 g/mol. The van der Waals surface area contributed by atoms with Crippen molar-refractivity contribution < 1.29 is 9.50 Å². The van der Waals surface area contributed by atoms with Crippen LogP contribution in [0.3, 0.4) is 0 Å². The molecule has 1 nitrogen and oxygen atoms in total. The highest BCUT2D eigenvalue weighted by Crippen LogP contribution is 2.45. The molecule has 0 saturated heterocycles. The maximum absolute atomic E-state index is 13.2. The summed E-state index contributed by atoms with van der Waals surface area (Å²) in [6.45, 7) is 6.58. The second-order valence-electron chi connectivity index (χ2n) is 7.00. The third-order valence-corrected chi connectivity index (χ3v) is 4.24. The number of hydrogen-bond acceptors (Lipinski definition) is 1. The summed E-state index contributed by atoms with van der Waals surface area (Å²) >= 11 is 5.80. The maximum Gasteiger partial charge on any atom is 0.141 e. The molecular weight excluding hydrogens is 263 g/mol. The number of hydrogen-bond donors (Lipinski definition) is 1. The van der Waals surface area contributed by atoms with Gasteiger partial charge in [0.25, 0.3) is 0 Å². The van der Waals surface area contributed by atoms with Gasteiger partial charge in [0.15, 0.2) is 0 Å².